The van der Waals surface area contributed by atoms with Gasteiger partial charge in [-0.2, -0.15) is 4.98 Å². The van der Waals surface area contributed by atoms with Gasteiger partial charge in [-0.15, -0.1) is 0 Å². The molecule has 0 saturated carbocycles. The van der Waals surface area contributed by atoms with E-state index >= 15 is 0 Å². The van der Waals surface area contributed by atoms with Gasteiger partial charge in [0.2, 0.25) is 11.8 Å². The highest BCUT2D eigenvalue weighted by atomic mass is 16.5. The number of pyridine rings is 1. The zero-order valence-electron chi connectivity index (χ0n) is 12.8. The molecule has 6 nitrogen and oxygen atoms in total. The summed E-state index contributed by atoms with van der Waals surface area (Å²) in [5.41, 5.74) is -1.63. The van der Waals surface area contributed by atoms with Crippen LogP contribution in [0.25, 0.3) is 0 Å². The molecule has 0 spiro atoms. The highest BCUT2D eigenvalue weighted by Gasteiger charge is 2.39. The Kier molecular flexibility index (Phi) is 5.02. The summed E-state index contributed by atoms with van der Waals surface area (Å²) in [5.74, 6) is 0.617. The molecule has 2 N–H and O–H groups in total. The van der Waals surface area contributed by atoms with E-state index in [-0.39, 0.29) is 0 Å². The lowest BCUT2D eigenvalue weighted by Gasteiger charge is -2.38. The van der Waals surface area contributed by atoms with Gasteiger partial charge in [0, 0.05) is 12.1 Å². The normalized spacial score (nSPS) is 12.2. The fourth-order valence-corrected chi connectivity index (χ4v) is 1.34. The molecule has 0 bridgehead atoms. The lowest BCUT2D eigenvalue weighted by Crippen LogP contribution is -2.53. The first-order valence-corrected chi connectivity index (χ1v) is 6.29. The van der Waals surface area contributed by atoms with Gasteiger partial charge >= 0.3 is 7.12 Å². The summed E-state index contributed by atoms with van der Waals surface area (Å²) in [6.07, 6.45) is 0. The lowest BCUT2D eigenvalue weighted by molar-refractivity contribution is -0.0982. The van der Waals surface area contributed by atoms with E-state index in [0.29, 0.717) is 17.2 Å². The molecule has 1 aromatic rings. The van der Waals surface area contributed by atoms with Crippen LogP contribution in [0.4, 0.5) is 0 Å². The average Bonchev–Trinajstić information content (AvgIpc) is 2.36. The number of aromatic nitrogens is 1. The Morgan fingerprint density at radius 2 is 1.50 bits per heavy atom. The molecule has 1 aromatic heterocycles. The molecule has 1 rings (SSSR count). The Hall–Kier alpha value is -1.31. The molecule has 0 aliphatic rings. The van der Waals surface area contributed by atoms with Crippen LogP contribution < -0.4 is 14.9 Å². The highest BCUT2D eigenvalue weighted by molar-refractivity contribution is 6.60. The Labute approximate surface area is 119 Å². The third kappa shape index (κ3) is 3.85. The van der Waals surface area contributed by atoms with Gasteiger partial charge in [0.05, 0.1) is 25.4 Å². The van der Waals surface area contributed by atoms with Gasteiger partial charge in [-0.1, -0.05) is 0 Å². The summed E-state index contributed by atoms with van der Waals surface area (Å²) >= 11 is 0. The molecule has 0 fully saturated rings. The van der Waals surface area contributed by atoms with E-state index in [1.807, 2.05) is 0 Å². The summed E-state index contributed by atoms with van der Waals surface area (Å²) in [4.78, 5) is 4.04. The molecule has 7 heteroatoms. The van der Waals surface area contributed by atoms with E-state index in [1.165, 1.54) is 14.2 Å². The topological polar surface area (TPSA) is 81.0 Å². The van der Waals surface area contributed by atoms with Crippen molar-refractivity contribution in [1.82, 2.24) is 4.98 Å². The van der Waals surface area contributed by atoms with Crippen molar-refractivity contribution < 1.29 is 24.3 Å². The third-order valence-corrected chi connectivity index (χ3v) is 3.38. The molecular weight excluding hydrogens is 261 g/mol. The minimum atomic E-state index is -1.23. The first-order chi connectivity index (χ1) is 9.10. The zero-order valence-corrected chi connectivity index (χ0v) is 12.8. The van der Waals surface area contributed by atoms with Gasteiger partial charge in [0.15, 0.2) is 0 Å². The van der Waals surface area contributed by atoms with Gasteiger partial charge < -0.3 is 24.3 Å². The first-order valence-electron chi connectivity index (χ1n) is 6.29. The molecule has 0 saturated heterocycles. The Morgan fingerprint density at radius 1 is 1.05 bits per heavy atom. The molecule has 0 amide bonds. The number of hydrogen-bond donors (Lipinski definition) is 2. The molecule has 0 radical (unpaired) electrons. The average molecular weight is 283 g/mol. The number of nitrogens with zero attached hydrogens (tertiary/aromatic N) is 1. The lowest BCUT2D eigenvalue weighted by atomic mass is 9.77. The van der Waals surface area contributed by atoms with Crippen molar-refractivity contribution in [2.24, 2.45) is 0 Å². The van der Waals surface area contributed by atoms with Gasteiger partial charge in [-0.05, 0) is 33.2 Å². The van der Waals surface area contributed by atoms with Crippen molar-refractivity contribution in [2.75, 3.05) is 14.2 Å². The second kappa shape index (κ2) is 5.99. The van der Waals surface area contributed by atoms with E-state index in [2.05, 4.69) is 4.98 Å². The fraction of sp³-hybridized carbons (Fsp3) is 0.615. The number of ether oxygens (including phenoxy) is 2. The monoisotopic (exact) mass is 283 g/mol. The SMILES string of the molecule is COc1cc(B(O)OC(C)(C)C(C)(C)O)cc(OC)n1. The minimum absolute atomic E-state index is 0.308. The molecule has 0 atom stereocenters. The van der Waals surface area contributed by atoms with Gasteiger partial charge in [0.1, 0.15) is 0 Å². The van der Waals surface area contributed by atoms with Crippen molar-refractivity contribution in [1.29, 1.82) is 0 Å². The van der Waals surface area contributed by atoms with Crippen LogP contribution in [-0.2, 0) is 4.65 Å². The van der Waals surface area contributed by atoms with Crippen LogP contribution >= 0.6 is 0 Å². The van der Waals surface area contributed by atoms with Crippen LogP contribution in [-0.4, -0.2) is 47.7 Å². The van der Waals surface area contributed by atoms with Crippen LogP contribution in [0, 0.1) is 0 Å². The highest BCUT2D eigenvalue weighted by Crippen LogP contribution is 2.25. The largest absolute Gasteiger partial charge is 0.492 e. The quantitative estimate of drug-likeness (QED) is 0.733. The second-order valence-electron chi connectivity index (χ2n) is 5.52. The second-order valence-corrected chi connectivity index (χ2v) is 5.52. The Balaban J connectivity index is 3.00. The number of rotatable bonds is 6. The van der Waals surface area contributed by atoms with Crippen molar-refractivity contribution in [2.45, 2.75) is 38.9 Å². The molecule has 0 aromatic carbocycles. The van der Waals surface area contributed by atoms with Gasteiger partial charge in [-0.3, -0.25) is 0 Å². The number of aliphatic hydroxyl groups is 1. The van der Waals surface area contributed by atoms with Crippen LogP contribution in [0.3, 0.4) is 0 Å². The summed E-state index contributed by atoms with van der Waals surface area (Å²) in [6.45, 7) is 6.64. The fourth-order valence-electron chi connectivity index (χ4n) is 1.34. The smallest absolute Gasteiger partial charge is 0.481 e. The van der Waals surface area contributed by atoms with Crippen molar-refractivity contribution in [3.63, 3.8) is 0 Å². The molecule has 0 aliphatic heterocycles. The summed E-state index contributed by atoms with van der Waals surface area (Å²) in [5, 5.41) is 20.2. The molecule has 20 heavy (non-hydrogen) atoms. The maximum Gasteiger partial charge on any atom is 0.492 e. The Morgan fingerprint density at radius 3 is 1.85 bits per heavy atom. The maximum absolute atomic E-state index is 10.2. The summed E-state index contributed by atoms with van der Waals surface area (Å²) in [7, 11) is 1.71. The van der Waals surface area contributed by atoms with E-state index in [4.69, 9.17) is 14.1 Å². The van der Waals surface area contributed by atoms with Gasteiger partial charge in [-0.25, -0.2) is 0 Å². The molecule has 0 unspecified atom stereocenters. The number of hydrogen-bond acceptors (Lipinski definition) is 6. The van der Waals surface area contributed by atoms with Crippen LogP contribution in [0.1, 0.15) is 27.7 Å². The predicted molar refractivity (Wildman–Crippen MR) is 76.4 cm³/mol. The van der Waals surface area contributed by atoms with E-state index < -0.39 is 18.3 Å². The van der Waals surface area contributed by atoms with E-state index in [1.54, 1.807) is 39.8 Å². The van der Waals surface area contributed by atoms with Crippen LogP contribution in [0.2, 0.25) is 0 Å². The van der Waals surface area contributed by atoms with Crippen LogP contribution in [0.15, 0.2) is 12.1 Å². The third-order valence-electron chi connectivity index (χ3n) is 3.38. The van der Waals surface area contributed by atoms with Crippen LogP contribution in [0.5, 0.6) is 11.8 Å². The maximum atomic E-state index is 10.2. The predicted octanol–water partition coefficient (Wildman–Crippen LogP) is 0.352. The molecule has 0 aliphatic carbocycles. The van der Waals surface area contributed by atoms with Gasteiger partial charge in [0.25, 0.3) is 0 Å². The zero-order chi connectivity index (χ0) is 15.6. The summed E-state index contributed by atoms with van der Waals surface area (Å²) < 4.78 is 15.6. The first kappa shape index (κ1) is 16.7. The molecule has 1 heterocycles. The standard InChI is InChI=1S/C13H22BNO5/c1-12(2,16)13(3,4)20-14(17)9-7-10(18-5)15-11(8-9)19-6/h7-8,16-17H,1-6H3. The van der Waals surface area contributed by atoms with Crippen molar-refractivity contribution in [3.8, 4) is 11.8 Å². The van der Waals surface area contributed by atoms with E-state index in [0.717, 1.165) is 0 Å². The van der Waals surface area contributed by atoms with E-state index in [9.17, 15) is 10.1 Å². The minimum Gasteiger partial charge on any atom is -0.481 e. The molecule has 112 valence electrons. The molecular formula is C13H22BNO5. The number of methoxy groups -OCH3 is 2. The van der Waals surface area contributed by atoms with Crippen molar-refractivity contribution in [3.05, 3.63) is 12.1 Å². The van der Waals surface area contributed by atoms with Crippen molar-refractivity contribution >= 4 is 12.6 Å². The Bertz CT molecular complexity index is 436. The summed E-state index contributed by atoms with van der Waals surface area (Å²) in [6, 6.07) is 3.10.